The van der Waals surface area contributed by atoms with Crippen LogP contribution in [0.5, 0.6) is 0 Å². The van der Waals surface area contributed by atoms with Gasteiger partial charge in [-0.05, 0) is 11.1 Å². The fourth-order valence-corrected chi connectivity index (χ4v) is 2.13. The van der Waals surface area contributed by atoms with Crippen LogP contribution < -0.4 is 0 Å². The monoisotopic (exact) mass is 284 g/mol. The van der Waals surface area contributed by atoms with Gasteiger partial charge in [-0.1, -0.05) is 72.8 Å². The molecule has 0 spiro atoms. The van der Waals surface area contributed by atoms with E-state index in [-0.39, 0.29) is 0 Å². The predicted octanol–water partition coefficient (Wildman–Crippen LogP) is 2.81. The summed E-state index contributed by atoms with van der Waals surface area (Å²) >= 11 is 0. The van der Waals surface area contributed by atoms with E-state index in [0.717, 1.165) is 5.56 Å². The van der Waals surface area contributed by atoms with E-state index in [1.165, 1.54) is 7.11 Å². The van der Waals surface area contributed by atoms with E-state index in [4.69, 9.17) is 4.74 Å². The molecule has 2 aromatic carbocycles. The van der Waals surface area contributed by atoms with Crippen LogP contribution in [0, 0.1) is 0 Å². The zero-order valence-electron chi connectivity index (χ0n) is 12.0. The summed E-state index contributed by atoms with van der Waals surface area (Å²) in [5.41, 5.74) is 1.68. The van der Waals surface area contributed by atoms with Crippen molar-refractivity contribution >= 4 is 6.08 Å². The van der Waals surface area contributed by atoms with Crippen LogP contribution in [0.15, 0.2) is 66.7 Å². The van der Waals surface area contributed by atoms with Crippen molar-refractivity contribution in [3.8, 4) is 0 Å². The minimum atomic E-state index is -1.03. The summed E-state index contributed by atoms with van der Waals surface area (Å²) in [4.78, 5) is 0. The lowest BCUT2D eigenvalue weighted by Crippen LogP contribution is -2.32. The maximum Gasteiger partial charge on any atom is 0.114 e. The molecular weight excluding hydrogens is 264 g/mol. The Labute approximate surface area is 125 Å². The molecule has 0 aliphatic rings. The topological polar surface area (TPSA) is 49.7 Å². The van der Waals surface area contributed by atoms with Gasteiger partial charge < -0.3 is 14.9 Å². The predicted molar refractivity (Wildman–Crippen MR) is 83.7 cm³/mol. The number of ether oxygens (including phenoxy) is 1. The maximum absolute atomic E-state index is 10.3. The SMILES string of the molecule is CO[C@@H](/C=C/c1ccccc1)[C@H](O)[C@H](O)c1ccccc1. The molecule has 110 valence electrons. The fraction of sp³-hybridized carbons (Fsp3) is 0.222. The lowest BCUT2D eigenvalue weighted by molar-refractivity contribution is -0.0573. The second kappa shape index (κ2) is 7.74. The molecule has 2 aromatic rings. The average molecular weight is 284 g/mol. The molecule has 0 amide bonds. The van der Waals surface area contributed by atoms with Gasteiger partial charge in [-0.3, -0.25) is 0 Å². The lowest BCUT2D eigenvalue weighted by Gasteiger charge is -2.23. The summed E-state index contributed by atoms with van der Waals surface area (Å²) in [6.45, 7) is 0. The summed E-state index contributed by atoms with van der Waals surface area (Å²) < 4.78 is 5.28. The molecule has 0 aliphatic heterocycles. The third-order valence-electron chi connectivity index (χ3n) is 3.35. The smallest absolute Gasteiger partial charge is 0.114 e. The number of benzene rings is 2. The van der Waals surface area contributed by atoms with Crippen molar-refractivity contribution in [2.45, 2.75) is 18.3 Å². The molecule has 3 nitrogen and oxygen atoms in total. The Morgan fingerprint density at radius 2 is 1.48 bits per heavy atom. The molecule has 0 saturated heterocycles. The Morgan fingerprint density at radius 1 is 0.905 bits per heavy atom. The van der Waals surface area contributed by atoms with E-state index < -0.39 is 18.3 Å². The molecule has 21 heavy (non-hydrogen) atoms. The molecule has 0 radical (unpaired) electrons. The number of hydrogen-bond donors (Lipinski definition) is 2. The molecule has 0 heterocycles. The molecule has 0 aliphatic carbocycles. The van der Waals surface area contributed by atoms with Crippen LogP contribution in [0.3, 0.4) is 0 Å². The molecule has 0 bridgehead atoms. The number of methoxy groups -OCH3 is 1. The van der Waals surface area contributed by atoms with Gasteiger partial charge in [0, 0.05) is 7.11 Å². The lowest BCUT2D eigenvalue weighted by atomic mass is 9.99. The molecular formula is C18H20O3. The van der Waals surface area contributed by atoms with Crippen LogP contribution in [0.1, 0.15) is 17.2 Å². The molecule has 2 N–H and O–H groups in total. The van der Waals surface area contributed by atoms with Crippen molar-refractivity contribution in [3.63, 3.8) is 0 Å². The van der Waals surface area contributed by atoms with Crippen molar-refractivity contribution < 1.29 is 14.9 Å². The van der Waals surface area contributed by atoms with Gasteiger partial charge in [0.05, 0.1) is 0 Å². The summed E-state index contributed by atoms with van der Waals surface area (Å²) in [5.74, 6) is 0. The molecule has 0 unspecified atom stereocenters. The van der Waals surface area contributed by atoms with Crippen LogP contribution >= 0.6 is 0 Å². The van der Waals surface area contributed by atoms with Crippen LogP contribution in [0.4, 0.5) is 0 Å². The first kappa shape index (κ1) is 15.4. The highest BCUT2D eigenvalue weighted by molar-refractivity contribution is 5.49. The van der Waals surface area contributed by atoms with E-state index in [1.54, 1.807) is 18.2 Å². The number of aliphatic hydroxyl groups is 2. The average Bonchev–Trinajstić information content (AvgIpc) is 2.56. The van der Waals surface area contributed by atoms with Gasteiger partial charge in [0.15, 0.2) is 0 Å². The summed E-state index contributed by atoms with van der Waals surface area (Å²) in [6.07, 6.45) is 1.02. The zero-order chi connectivity index (χ0) is 15.1. The first-order valence-electron chi connectivity index (χ1n) is 6.89. The van der Waals surface area contributed by atoms with Gasteiger partial charge in [0.2, 0.25) is 0 Å². The number of aliphatic hydroxyl groups excluding tert-OH is 2. The van der Waals surface area contributed by atoms with Crippen LogP contribution in [0.25, 0.3) is 6.08 Å². The Hall–Kier alpha value is -1.94. The normalized spacial score (nSPS) is 15.8. The van der Waals surface area contributed by atoms with Crippen molar-refractivity contribution in [2.24, 2.45) is 0 Å². The summed E-state index contributed by atoms with van der Waals surface area (Å²) in [6, 6.07) is 18.8. The molecule has 0 fully saturated rings. The molecule has 0 aromatic heterocycles. The van der Waals surface area contributed by atoms with E-state index in [1.807, 2.05) is 54.6 Å². The highest BCUT2D eigenvalue weighted by Gasteiger charge is 2.25. The summed E-state index contributed by atoms with van der Waals surface area (Å²) in [5, 5.41) is 20.5. The van der Waals surface area contributed by atoms with Gasteiger partial charge >= 0.3 is 0 Å². The van der Waals surface area contributed by atoms with Crippen LogP contribution in [-0.4, -0.2) is 29.5 Å². The van der Waals surface area contributed by atoms with Gasteiger partial charge in [-0.25, -0.2) is 0 Å². The first-order valence-corrected chi connectivity index (χ1v) is 6.89. The Balaban J connectivity index is 2.08. The Morgan fingerprint density at radius 3 is 2.05 bits per heavy atom. The maximum atomic E-state index is 10.3. The summed E-state index contributed by atoms with van der Waals surface area (Å²) in [7, 11) is 1.51. The second-order valence-corrected chi connectivity index (χ2v) is 4.82. The molecule has 3 atom stereocenters. The van der Waals surface area contributed by atoms with E-state index >= 15 is 0 Å². The van der Waals surface area contributed by atoms with Crippen molar-refractivity contribution in [1.29, 1.82) is 0 Å². The van der Waals surface area contributed by atoms with Gasteiger partial charge in [-0.2, -0.15) is 0 Å². The zero-order valence-corrected chi connectivity index (χ0v) is 12.0. The van der Waals surface area contributed by atoms with Crippen molar-refractivity contribution in [1.82, 2.24) is 0 Å². The first-order chi connectivity index (χ1) is 10.2. The minimum Gasteiger partial charge on any atom is -0.387 e. The van der Waals surface area contributed by atoms with Gasteiger partial charge in [0.1, 0.15) is 18.3 Å². The highest BCUT2D eigenvalue weighted by atomic mass is 16.5. The van der Waals surface area contributed by atoms with Crippen LogP contribution in [-0.2, 0) is 4.74 Å². The molecule has 0 saturated carbocycles. The van der Waals surface area contributed by atoms with Crippen LogP contribution in [0.2, 0.25) is 0 Å². The van der Waals surface area contributed by atoms with E-state index in [2.05, 4.69) is 0 Å². The molecule has 2 rings (SSSR count). The van der Waals surface area contributed by atoms with Gasteiger partial charge in [0.25, 0.3) is 0 Å². The number of rotatable bonds is 6. The number of hydrogen-bond acceptors (Lipinski definition) is 3. The standard InChI is InChI=1S/C18H20O3/c1-21-16(13-12-14-8-4-2-5-9-14)18(20)17(19)15-10-6-3-7-11-15/h2-13,16-20H,1H3/b13-12+/t16-,17+,18-/m0/s1. The Kier molecular flexibility index (Phi) is 5.69. The van der Waals surface area contributed by atoms with E-state index in [9.17, 15) is 10.2 Å². The largest absolute Gasteiger partial charge is 0.387 e. The highest BCUT2D eigenvalue weighted by Crippen LogP contribution is 2.21. The third kappa shape index (κ3) is 4.26. The third-order valence-corrected chi connectivity index (χ3v) is 3.35. The quantitative estimate of drug-likeness (QED) is 0.857. The molecule has 3 heteroatoms. The Bertz CT molecular complexity index is 551. The fourth-order valence-electron chi connectivity index (χ4n) is 2.13. The second-order valence-electron chi connectivity index (χ2n) is 4.82. The van der Waals surface area contributed by atoms with Gasteiger partial charge in [-0.15, -0.1) is 0 Å². The minimum absolute atomic E-state index is 0.583. The van der Waals surface area contributed by atoms with Crippen molar-refractivity contribution in [3.05, 3.63) is 77.9 Å². The van der Waals surface area contributed by atoms with E-state index in [0.29, 0.717) is 5.56 Å². The van der Waals surface area contributed by atoms with Crippen molar-refractivity contribution in [2.75, 3.05) is 7.11 Å².